The van der Waals surface area contributed by atoms with Gasteiger partial charge in [-0.25, -0.2) is 4.79 Å². The van der Waals surface area contributed by atoms with Crippen molar-refractivity contribution in [2.75, 3.05) is 31.3 Å². The first kappa shape index (κ1) is 21.4. The van der Waals surface area contributed by atoms with Crippen LogP contribution in [-0.4, -0.2) is 49.4 Å². The SMILES string of the molecule is CC[C@@H]1CN(C(=O)N2CCC(C(=O)NCc3ccc4c(c3)OCO4)CC2)c2ccccc2O1. The lowest BCUT2D eigenvalue weighted by Crippen LogP contribution is -2.52. The number of anilines is 1. The van der Waals surface area contributed by atoms with Gasteiger partial charge < -0.3 is 24.4 Å². The summed E-state index contributed by atoms with van der Waals surface area (Å²) in [6.45, 7) is 4.42. The van der Waals surface area contributed by atoms with Gasteiger partial charge in [-0.3, -0.25) is 9.69 Å². The number of urea groups is 1. The maximum atomic E-state index is 13.3. The molecule has 2 aromatic carbocycles. The molecule has 0 aromatic heterocycles. The molecule has 5 rings (SSSR count). The molecule has 1 atom stereocenters. The number of para-hydroxylation sites is 2. The van der Waals surface area contributed by atoms with E-state index in [9.17, 15) is 9.59 Å². The molecule has 1 N–H and O–H groups in total. The Morgan fingerprint density at radius 1 is 1.03 bits per heavy atom. The number of hydrogen-bond acceptors (Lipinski definition) is 5. The Morgan fingerprint density at radius 3 is 2.64 bits per heavy atom. The molecule has 3 aliphatic rings. The van der Waals surface area contributed by atoms with Crippen molar-refractivity contribution < 1.29 is 23.8 Å². The molecule has 1 saturated heterocycles. The summed E-state index contributed by atoms with van der Waals surface area (Å²) in [5.74, 6) is 2.13. The van der Waals surface area contributed by atoms with Gasteiger partial charge in [0.2, 0.25) is 12.7 Å². The molecule has 0 aliphatic carbocycles. The number of fused-ring (bicyclic) bond motifs is 2. The summed E-state index contributed by atoms with van der Waals surface area (Å²) in [6.07, 6.45) is 2.14. The van der Waals surface area contributed by atoms with Gasteiger partial charge in [-0.1, -0.05) is 25.1 Å². The molecule has 3 heterocycles. The minimum absolute atomic E-state index is 0.0107. The van der Waals surface area contributed by atoms with E-state index in [2.05, 4.69) is 12.2 Å². The van der Waals surface area contributed by atoms with E-state index < -0.39 is 0 Å². The number of nitrogens with zero attached hydrogens (tertiary/aromatic N) is 2. The predicted molar refractivity (Wildman–Crippen MR) is 123 cm³/mol. The summed E-state index contributed by atoms with van der Waals surface area (Å²) in [4.78, 5) is 29.7. The number of benzene rings is 2. The van der Waals surface area contributed by atoms with Crippen molar-refractivity contribution in [3.8, 4) is 17.2 Å². The monoisotopic (exact) mass is 451 g/mol. The Hall–Kier alpha value is -3.42. The Kier molecular flexibility index (Phi) is 5.98. The van der Waals surface area contributed by atoms with Gasteiger partial charge in [-0.05, 0) is 49.1 Å². The number of likely N-dealkylation sites (tertiary alicyclic amines) is 1. The fraction of sp³-hybridized carbons (Fsp3) is 0.440. The van der Waals surface area contributed by atoms with Crippen LogP contribution >= 0.6 is 0 Å². The van der Waals surface area contributed by atoms with E-state index in [-0.39, 0.29) is 30.8 Å². The zero-order valence-electron chi connectivity index (χ0n) is 18.8. The van der Waals surface area contributed by atoms with Gasteiger partial charge in [0.05, 0.1) is 12.2 Å². The van der Waals surface area contributed by atoms with Gasteiger partial charge in [-0.2, -0.15) is 0 Å². The third kappa shape index (κ3) is 4.42. The summed E-state index contributed by atoms with van der Waals surface area (Å²) in [5, 5.41) is 3.03. The Morgan fingerprint density at radius 2 is 1.82 bits per heavy atom. The van der Waals surface area contributed by atoms with E-state index >= 15 is 0 Å². The Labute approximate surface area is 193 Å². The molecule has 0 saturated carbocycles. The molecule has 2 aromatic rings. The molecular formula is C25H29N3O5. The first-order valence-electron chi connectivity index (χ1n) is 11.6. The number of carbonyl (C=O) groups is 2. The highest BCUT2D eigenvalue weighted by Gasteiger charge is 2.34. The van der Waals surface area contributed by atoms with Crippen LogP contribution in [0.2, 0.25) is 0 Å². The van der Waals surface area contributed by atoms with Gasteiger partial charge in [0.25, 0.3) is 0 Å². The first-order valence-corrected chi connectivity index (χ1v) is 11.6. The highest BCUT2D eigenvalue weighted by atomic mass is 16.7. The van der Waals surface area contributed by atoms with Crippen molar-refractivity contribution in [1.29, 1.82) is 0 Å². The van der Waals surface area contributed by atoms with Gasteiger partial charge in [0.1, 0.15) is 11.9 Å². The maximum absolute atomic E-state index is 13.3. The molecule has 8 nitrogen and oxygen atoms in total. The van der Waals surface area contributed by atoms with Crippen molar-refractivity contribution in [3.05, 3.63) is 48.0 Å². The van der Waals surface area contributed by atoms with E-state index in [1.807, 2.05) is 52.3 Å². The van der Waals surface area contributed by atoms with Crippen LogP contribution < -0.4 is 24.4 Å². The van der Waals surface area contributed by atoms with Crippen molar-refractivity contribution in [3.63, 3.8) is 0 Å². The summed E-state index contributed by atoms with van der Waals surface area (Å²) in [6, 6.07) is 13.4. The van der Waals surface area contributed by atoms with E-state index in [1.165, 1.54) is 0 Å². The number of carbonyl (C=O) groups excluding carboxylic acids is 2. The van der Waals surface area contributed by atoms with E-state index in [0.717, 1.165) is 29.2 Å². The molecule has 0 spiro atoms. The van der Waals surface area contributed by atoms with Crippen LogP contribution in [0.3, 0.4) is 0 Å². The van der Waals surface area contributed by atoms with Gasteiger partial charge >= 0.3 is 6.03 Å². The van der Waals surface area contributed by atoms with Crippen molar-refractivity contribution in [2.45, 2.75) is 38.8 Å². The fourth-order valence-electron chi connectivity index (χ4n) is 4.58. The molecular weight excluding hydrogens is 422 g/mol. The number of nitrogens with one attached hydrogen (secondary N) is 1. The summed E-state index contributed by atoms with van der Waals surface area (Å²) in [5.41, 5.74) is 1.78. The van der Waals surface area contributed by atoms with Crippen molar-refractivity contribution in [1.82, 2.24) is 10.2 Å². The maximum Gasteiger partial charge on any atom is 0.324 e. The Bertz CT molecular complexity index is 1030. The third-order valence-corrected chi connectivity index (χ3v) is 6.56. The van der Waals surface area contributed by atoms with E-state index in [4.69, 9.17) is 14.2 Å². The molecule has 174 valence electrons. The zero-order valence-corrected chi connectivity index (χ0v) is 18.8. The number of ether oxygens (including phenoxy) is 3. The van der Waals surface area contributed by atoms with Crippen LogP contribution in [0.1, 0.15) is 31.7 Å². The smallest absolute Gasteiger partial charge is 0.324 e. The fourth-order valence-corrected chi connectivity index (χ4v) is 4.58. The molecule has 33 heavy (non-hydrogen) atoms. The minimum atomic E-state index is -0.0940. The minimum Gasteiger partial charge on any atom is -0.486 e. The largest absolute Gasteiger partial charge is 0.486 e. The lowest BCUT2D eigenvalue weighted by molar-refractivity contribution is -0.126. The number of rotatable bonds is 4. The molecule has 0 bridgehead atoms. The normalized spacial score (nSPS) is 19.6. The van der Waals surface area contributed by atoms with Gasteiger partial charge in [-0.15, -0.1) is 0 Å². The van der Waals surface area contributed by atoms with Crippen LogP contribution in [0.15, 0.2) is 42.5 Å². The van der Waals surface area contributed by atoms with Crippen LogP contribution in [0.5, 0.6) is 17.2 Å². The van der Waals surface area contributed by atoms with Crippen LogP contribution in [0, 0.1) is 5.92 Å². The standard InChI is InChI=1S/C25H29N3O5/c1-2-19-15-28(20-5-3-4-6-21(20)33-19)25(30)27-11-9-18(10-12-27)24(29)26-14-17-7-8-22-23(13-17)32-16-31-22/h3-8,13,18-19H,2,9-12,14-16H2,1H3,(H,26,29)/t19-/m1/s1. The molecule has 1 fully saturated rings. The number of amides is 3. The highest BCUT2D eigenvalue weighted by molar-refractivity contribution is 5.94. The van der Waals surface area contributed by atoms with Crippen molar-refractivity contribution in [2.24, 2.45) is 5.92 Å². The average molecular weight is 452 g/mol. The molecule has 0 radical (unpaired) electrons. The second kappa shape index (κ2) is 9.21. The third-order valence-electron chi connectivity index (χ3n) is 6.56. The van der Waals surface area contributed by atoms with Gasteiger partial charge in [0, 0.05) is 25.6 Å². The highest BCUT2D eigenvalue weighted by Crippen LogP contribution is 2.35. The number of piperidine rings is 1. The molecule has 3 amide bonds. The summed E-state index contributed by atoms with van der Waals surface area (Å²) in [7, 11) is 0. The molecule has 8 heteroatoms. The summed E-state index contributed by atoms with van der Waals surface area (Å²) >= 11 is 0. The van der Waals surface area contributed by atoms with Gasteiger partial charge in [0.15, 0.2) is 11.5 Å². The number of hydrogen-bond donors (Lipinski definition) is 1. The molecule has 3 aliphatic heterocycles. The summed E-state index contributed by atoms with van der Waals surface area (Å²) < 4.78 is 16.7. The average Bonchev–Trinajstić information content (AvgIpc) is 3.34. The second-order valence-electron chi connectivity index (χ2n) is 8.68. The van der Waals surface area contributed by atoms with E-state index in [0.29, 0.717) is 44.8 Å². The lowest BCUT2D eigenvalue weighted by Gasteiger charge is -2.39. The Balaban J connectivity index is 1.15. The van der Waals surface area contributed by atoms with E-state index in [1.54, 1.807) is 0 Å². The van der Waals surface area contributed by atoms with Crippen LogP contribution in [-0.2, 0) is 11.3 Å². The van der Waals surface area contributed by atoms with Crippen LogP contribution in [0.4, 0.5) is 10.5 Å². The van der Waals surface area contributed by atoms with Crippen LogP contribution in [0.25, 0.3) is 0 Å². The quantitative estimate of drug-likeness (QED) is 0.769. The van der Waals surface area contributed by atoms with Crippen molar-refractivity contribution >= 4 is 17.6 Å². The second-order valence-corrected chi connectivity index (χ2v) is 8.68. The molecule has 0 unspecified atom stereocenters. The first-order chi connectivity index (χ1) is 16.1. The lowest BCUT2D eigenvalue weighted by atomic mass is 9.96. The zero-order chi connectivity index (χ0) is 22.8. The topological polar surface area (TPSA) is 80.3 Å². The predicted octanol–water partition coefficient (Wildman–Crippen LogP) is 3.54.